The van der Waals surface area contributed by atoms with Crippen LogP contribution in [0.25, 0.3) is 0 Å². The maximum absolute atomic E-state index is 12.0. The van der Waals surface area contributed by atoms with Crippen molar-refractivity contribution in [2.45, 2.75) is 19.8 Å². The van der Waals surface area contributed by atoms with E-state index < -0.39 is 0 Å². The van der Waals surface area contributed by atoms with Crippen molar-refractivity contribution >= 4 is 34.9 Å². The summed E-state index contributed by atoms with van der Waals surface area (Å²) in [6.07, 6.45) is 1.24. The van der Waals surface area contributed by atoms with Gasteiger partial charge in [-0.3, -0.25) is 14.4 Å². The van der Waals surface area contributed by atoms with E-state index in [9.17, 15) is 14.4 Å². The molecule has 0 bridgehead atoms. The van der Waals surface area contributed by atoms with E-state index in [0.29, 0.717) is 24.5 Å². The summed E-state index contributed by atoms with van der Waals surface area (Å²) in [7, 11) is 1.63. The molecule has 1 fully saturated rings. The van der Waals surface area contributed by atoms with Gasteiger partial charge in [-0.15, -0.1) is 0 Å². The van der Waals surface area contributed by atoms with Crippen LogP contribution in [0, 0.1) is 0 Å². The zero-order valence-electron chi connectivity index (χ0n) is 12.5. The van der Waals surface area contributed by atoms with Gasteiger partial charge in [-0.1, -0.05) is 19.1 Å². The number of nitrogens with two attached hydrogens (primary N) is 1. The van der Waals surface area contributed by atoms with E-state index in [-0.39, 0.29) is 37.4 Å². The first-order valence-electron chi connectivity index (χ1n) is 6.93. The standard InChI is InChI=1S/C13H22N4O3S/c1-3-5-16-8-13(20)17(9-12(16)19)7-11(18)15(2)6-4-10(14)21/h3-9H2,1-2H3,(H2,14,21). The van der Waals surface area contributed by atoms with Crippen molar-refractivity contribution in [1.82, 2.24) is 14.7 Å². The Bertz CT molecular complexity index is 441. The predicted molar refractivity (Wildman–Crippen MR) is 82.5 cm³/mol. The summed E-state index contributed by atoms with van der Waals surface area (Å²) in [5.41, 5.74) is 5.39. The van der Waals surface area contributed by atoms with Crippen molar-refractivity contribution < 1.29 is 14.4 Å². The van der Waals surface area contributed by atoms with Gasteiger partial charge in [-0.25, -0.2) is 0 Å². The van der Waals surface area contributed by atoms with Crippen molar-refractivity contribution in [3.8, 4) is 0 Å². The van der Waals surface area contributed by atoms with E-state index in [0.717, 1.165) is 6.42 Å². The smallest absolute Gasteiger partial charge is 0.243 e. The molecule has 0 aromatic rings. The zero-order valence-corrected chi connectivity index (χ0v) is 13.3. The molecular weight excluding hydrogens is 292 g/mol. The highest BCUT2D eigenvalue weighted by atomic mass is 32.1. The van der Waals surface area contributed by atoms with Gasteiger partial charge in [0.25, 0.3) is 0 Å². The average Bonchev–Trinajstić information content (AvgIpc) is 2.41. The molecule has 1 saturated heterocycles. The topological polar surface area (TPSA) is 87.0 Å². The number of carbonyl (C=O) groups is 3. The third-order valence-corrected chi connectivity index (χ3v) is 3.50. The minimum absolute atomic E-state index is 0.0340. The van der Waals surface area contributed by atoms with Crippen LogP contribution in [0.4, 0.5) is 0 Å². The lowest BCUT2D eigenvalue weighted by molar-refractivity contribution is -0.152. The number of piperazine rings is 1. The Morgan fingerprint density at radius 1 is 1.29 bits per heavy atom. The molecule has 0 atom stereocenters. The van der Waals surface area contributed by atoms with E-state index in [2.05, 4.69) is 0 Å². The molecule has 1 aliphatic rings. The third kappa shape index (κ3) is 5.30. The van der Waals surface area contributed by atoms with Gasteiger partial charge in [0.1, 0.15) is 13.1 Å². The van der Waals surface area contributed by atoms with Crippen LogP contribution in [0.3, 0.4) is 0 Å². The largest absolute Gasteiger partial charge is 0.393 e. The first-order valence-corrected chi connectivity index (χ1v) is 7.33. The minimum atomic E-state index is -0.226. The second kappa shape index (κ2) is 7.92. The van der Waals surface area contributed by atoms with E-state index in [1.165, 1.54) is 14.7 Å². The lowest BCUT2D eigenvalue weighted by atomic mass is 10.2. The van der Waals surface area contributed by atoms with Gasteiger partial charge in [0.2, 0.25) is 17.7 Å². The van der Waals surface area contributed by atoms with Gasteiger partial charge in [0.15, 0.2) is 0 Å². The van der Waals surface area contributed by atoms with E-state index >= 15 is 0 Å². The van der Waals surface area contributed by atoms with E-state index in [1.807, 2.05) is 6.92 Å². The van der Waals surface area contributed by atoms with Crippen LogP contribution in [-0.4, -0.2) is 77.2 Å². The van der Waals surface area contributed by atoms with Gasteiger partial charge >= 0.3 is 0 Å². The fourth-order valence-corrected chi connectivity index (χ4v) is 2.10. The molecule has 2 N–H and O–H groups in total. The molecule has 1 rings (SSSR count). The Labute approximate surface area is 130 Å². The number of likely N-dealkylation sites (N-methyl/N-ethyl adjacent to an activating group) is 1. The molecule has 0 saturated carbocycles. The summed E-state index contributed by atoms with van der Waals surface area (Å²) in [4.78, 5) is 40.5. The second-order valence-corrected chi connectivity index (χ2v) is 5.62. The van der Waals surface area contributed by atoms with Gasteiger partial charge in [-0.05, 0) is 6.42 Å². The quantitative estimate of drug-likeness (QED) is 0.622. The van der Waals surface area contributed by atoms with Crippen LogP contribution in [0.1, 0.15) is 19.8 Å². The first kappa shape index (κ1) is 17.4. The van der Waals surface area contributed by atoms with Crippen molar-refractivity contribution in [1.29, 1.82) is 0 Å². The van der Waals surface area contributed by atoms with Crippen LogP contribution in [0.15, 0.2) is 0 Å². The number of rotatable bonds is 7. The molecule has 0 aliphatic carbocycles. The van der Waals surface area contributed by atoms with Gasteiger partial charge in [0.05, 0.1) is 11.5 Å². The maximum Gasteiger partial charge on any atom is 0.243 e. The number of hydrogen-bond acceptors (Lipinski definition) is 4. The molecule has 0 spiro atoms. The van der Waals surface area contributed by atoms with Crippen molar-refractivity contribution in [3.63, 3.8) is 0 Å². The lowest BCUT2D eigenvalue weighted by Crippen LogP contribution is -2.56. The number of nitrogens with zero attached hydrogens (tertiary/aromatic N) is 3. The third-order valence-electron chi connectivity index (χ3n) is 3.30. The van der Waals surface area contributed by atoms with Crippen LogP contribution >= 0.6 is 12.2 Å². The zero-order chi connectivity index (χ0) is 16.0. The minimum Gasteiger partial charge on any atom is -0.393 e. The molecular formula is C13H22N4O3S. The van der Waals surface area contributed by atoms with E-state index in [1.54, 1.807) is 7.05 Å². The fraction of sp³-hybridized carbons (Fsp3) is 0.692. The Kier molecular flexibility index (Phi) is 6.54. The highest BCUT2D eigenvalue weighted by molar-refractivity contribution is 7.80. The summed E-state index contributed by atoms with van der Waals surface area (Å²) in [6, 6.07) is 0. The fourth-order valence-electron chi connectivity index (χ4n) is 2.01. The van der Waals surface area contributed by atoms with Crippen molar-refractivity contribution in [2.75, 3.05) is 39.8 Å². The van der Waals surface area contributed by atoms with Gasteiger partial charge in [-0.2, -0.15) is 0 Å². The Morgan fingerprint density at radius 3 is 2.43 bits per heavy atom. The van der Waals surface area contributed by atoms with Crippen LogP contribution in [0.5, 0.6) is 0 Å². The summed E-state index contributed by atoms with van der Waals surface area (Å²) < 4.78 is 0. The monoisotopic (exact) mass is 314 g/mol. The second-order valence-electron chi connectivity index (χ2n) is 5.10. The number of amides is 3. The summed E-state index contributed by atoms with van der Waals surface area (Å²) in [5, 5.41) is 0. The molecule has 0 unspecified atom stereocenters. The number of carbonyl (C=O) groups excluding carboxylic acids is 3. The summed E-state index contributed by atoms with van der Waals surface area (Å²) in [5.74, 6) is -0.537. The van der Waals surface area contributed by atoms with Crippen molar-refractivity contribution in [3.05, 3.63) is 0 Å². The number of thiocarbonyl (C=S) groups is 1. The SMILES string of the molecule is CCCN1CC(=O)N(CC(=O)N(C)CCC(N)=S)CC1=O. The van der Waals surface area contributed by atoms with E-state index in [4.69, 9.17) is 18.0 Å². The molecule has 8 heteroatoms. The van der Waals surface area contributed by atoms with Gasteiger partial charge in [0, 0.05) is 26.6 Å². The Hall–Kier alpha value is -1.70. The maximum atomic E-state index is 12.0. The van der Waals surface area contributed by atoms with Crippen LogP contribution in [0.2, 0.25) is 0 Å². The molecule has 1 heterocycles. The summed E-state index contributed by atoms with van der Waals surface area (Å²) >= 11 is 4.76. The molecule has 0 radical (unpaired) electrons. The van der Waals surface area contributed by atoms with Crippen molar-refractivity contribution in [2.24, 2.45) is 5.73 Å². The van der Waals surface area contributed by atoms with Crippen LogP contribution < -0.4 is 5.73 Å². The Morgan fingerprint density at radius 2 is 1.86 bits per heavy atom. The highest BCUT2D eigenvalue weighted by Gasteiger charge is 2.30. The molecule has 0 aromatic heterocycles. The number of hydrogen-bond donors (Lipinski definition) is 1. The first-order chi connectivity index (χ1) is 9.85. The predicted octanol–water partition coefficient (Wildman–Crippen LogP) is -0.798. The van der Waals surface area contributed by atoms with Gasteiger partial charge < -0.3 is 20.4 Å². The molecule has 118 valence electrons. The molecule has 0 aromatic carbocycles. The highest BCUT2D eigenvalue weighted by Crippen LogP contribution is 2.06. The average molecular weight is 314 g/mol. The molecule has 7 nitrogen and oxygen atoms in total. The van der Waals surface area contributed by atoms with Crippen LogP contribution in [-0.2, 0) is 14.4 Å². The normalized spacial score (nSPS) is 15.3. The Balaban J connectivity index is 2.51. The lowest BCUT2D eigenvalue weighted by Gasteiger charge is -2.34. The molecule has 1 aliphatic heterocycles. The molecule has 21 heavy (non-hydrogen) atoms. The summed E-state index contributed by atoms with van der Waals surface area (Å²) in [6.45, 7) is 2.86. The molecule has 3 amide bonds.